The minimum atomic E-state index is -0.306. The predicted octanol–water partition coefficient (Wildman–Crippen LogP) is 2.28. The topological polar surface area (TPSA) is 68.9 Å². The molecule has 1 atom stereocenters. The molecular formula is C10H11N3O2S. The second-order valence-electron chi connectivity index (χ2n) is 3.40. The molecule has 0 amide bonds. The fourth-order valence-electron chi connectivity index (χ4n) is 1.44. The minimum Gasteiger partial charge on any atom is -0.338 e. The van der Waals surface area contributed by atoms with Gasteiger partial charge >= 0.3 is 0 Å². The Hall–Kier alpha value is -1.56. The first-order valence-corrected chi connectivity index (χ1v) is 5.89. The van der Waals surface area contributed by atoms with Gasteiger partial charge in [-0.3, -0.25) is 4.79 Å². The molecule has 0 aromatic carbocycles. The maximum absolute atomic E-state index is 11.3. The van der Waals surface area contributed by atoms with E-state index in [1.165, 1.54) is 18.3 Å². The van der Waals surface area contributed by atoms with Gasteiger partial charge in [-0.2, -0.15) is 4.98 Å². The van der Waals surface area contributed by atoms with Crippen molar-refractivity contribution >= 4 is 17.1 Å². The molecule has 0 N–H and O–H groups in total. The van der Waals surface area contributed by atoms with Gasteiger partial charge in [-0.05, 0) is 13.3 Å². The Kier molecular flexibility index (Phi) is 3.09. The van der Waals surface area contributed by atoms with Gasteiger partial charge in [0.05, 0.1) is 11.4 Å². The molecule has 0 bridgehead atoms. The van der Waals surface area contributed by atoms with Crippen molar-refractivity contribution in [3.05, 3.63) is 16.8 Å². The van der Waals surface area contributed by atoms with Crippen LogP contribution in [0, 0.1) is 0 Å². The van der Waals surface area contributed by atoms with Gasteiger partial charge in [0.2, 0.25) is 11.7 Å². The Morgan fingerprint density at radius 1 is 1.62 bits per heavy atom. The lowest BCUT2D eigenvalue weighted by molar-refractivity contribution is -0.119. The second kappa shape index (κ2) is 4.52. The van der Waals surface area contributed by atoms with E-state index in [1.807, 2.05) is 12.3 Å². The number of ketones is 1. The van der Waals surface area contributed by atoms with Gasteiger partial charge in [0.25, 0.3) is 0 Å². The highest BCUT2D eigenvalue weighted by molar-refractivity contribution is 7.07. The van der Waals surface area contributed by atoms with Crippen molar-refractivity contribution < 1.29 is 9.32 Å². The standard InChI is InChI=1S/C10H11N3O2S/c1-3-7(6(2)14)10-12-9(13-15-10)8-4-16-5-11-8/h4-5,7H,3H2,1-2H3. The van der Waals surface area contributed by atoms with Crippen molar-refractivity contribution in [3.8, 4) is 11.5 Å². The molecule has 2 aromatic heterocycles. The Balaban J connectivity index is 2.29. The molecule has 16 heavy (non-hydrogen) atoms. The van der Waals surface area contributed by atoms with Crippen molar-refractivity contribution in [2.45, 2.75) is 26.2 Å². The quantitative estimate of drug-likeness (QED) is 0.815. The zero-order valence-electron chi connectivity index (χ0n) is 9.01. The van der Waals surface area contributed by atoms with Crippen LogP contribution in [0.15, 0.2) is 15.4 Å². The summed E-state index contributed by atoms with van der Waals surface area (Å²) in [6, 6.07) is 0. The maximum atomic E-state index is 11.3. The van der Waals surface area contributed by atoms with Crippen LogP contribution in [0.25, 0.3) is 11.5 Å². The summed E-state index contributed by atoms with van der Waals surface area (Å²) >= 11 is 1.46. The Labute approximate surface area is 96.5 Å². The second-order valence-corrected chi connectivity index (χ2v) is 4.12. The van der Waals surface area contributed by atoms with Crippen molar-refractivity contribution in [1.29, 1.82) is 0 Å². The van der Waals surface area contributed by atoms with E-state index in [2.05, 4.69) is 15.1 Å². The molecule has 0 radical (unpaired) electrons. The highest BCUT2D eigenvalue weighted by Crippen LogP contribution is 2.22. The van der Waals surface area contributed by atoms with E-state index in [-0.39, 0.29) is 11.7 Å². The van der Waals surface area contributed by atoms with Gasteiger partial charge in [-0.15, -0.1) is 11.3 Å². The van der Waals surface area contributed by atoms with E-state index in [9.17, 15) is 4.79 Å². The third kappa shape index (κ3) is 2.01. The molecule has 0 aliphatic heterocycles. The van der Waals surface area contributed by atoms with Crippen molar-refractivity contribution in [2.24, 2.45) is 0 Å². The largest absolute Gasteiger partial charge is 0.338 e. The van der Waals surface area contributed by atoms with E-state index in [1.54, 1.807) is 5.51 Å². The monoisotopic (exact) mass is 237 g/mol. The third-order valence-electron chi connectivity index (χ3n) is 2.30. The lowest BCUT2D eigenvalue weighted by Crippen LogP contribution is -2.07. The summed E-state index contributed by atoms with van der Waals surface area (Å²) in [7, 11) is 0. The van der Waals surface area contributed by atoms with Crippen molar-refractivity contribution in [3.63, 3.8) is 0 Å². The SMILES string of the molecule is CCC(C(C)=O)c1nc(-c2cscn2)no1. The average molecular weight is 237 g/mol. The molecule has 0 saturated carbocycles. The van der Waals surface area contributed by atoms with E-state index in [0.29, 0.717) is 23.8 Å². The predicted molar refractivity (Wildman–Crippen MR) is 59.1 cm³/mol. The van der Waals surface area contributed by atoms with E-state index in [0.717, 1.165) is 0 Å². The van der Waals surface area contributed by atoms with Gasteiger partial charge in [-0.25, -0.2) is 4.98 Å². The average Bonchev–Trinajstić information content (AvgIpc) is 2.86. The van der Waals surface area contributed by atoms with Crippen LogP contribution >= 0.6 is 11.3 Å². The normalized spacial score (nSPS) is 12.6. The molecule has 2 aromatic rings. The zero-order valence-corrected chi connectivity index (χ0v) is 9.82. The maximum Gasteiger partial charge on any atom is 0.237 e. The van der Waals surface area contributed by atoms with Crippen LogP contribution < -0.4 is 0 Å². The molecule has 0 saturated heterocycles. The van der Waals surface area contributed by atoms with E-state index >= 15 is 0 Å². The summed E-state index contributed by atoms with van der Waals surface area (Å²) in [6.07, 6.45) is 0.661. The smallest absolute Gasteiger partial charge is 0.237 e. The minimum absolute atomic E-state index is 0.0379. The molecule has 84 valence electrons. The summed E-state index contributed by atoms with van der Waals surface area (Å²) in [5.74, 6) is 0.546. The molecule has 0 aliphatic rings. The van der Waals surface area contributed by atoms with Crippen molar-refractivity contribution in [1.82, 2.24) is 15.1 Å². The van der Waals surface area contributed by atoms with Gasteiger partial charge in [0, 0.05) is 5.38 Å². The fourth-order valence-corrected chi connectivity index (χ4v) is 1.97. The molecule has 0 fully saturated rings. The lowest BCUT2D eigenvalue weighted by atomic mass is 10.0. The molecule has 6 heteroatoms. The number of carbonyl (C=O) groups is 1. The van der Waals surface area contributed by atoms with Crippen LogP contribution in [-0.4, -0.2) is 20.9 Å². The third-order valence-corrected chi connectivity index (χ3v) is 2.89. The molecule has 2 rings (SSSR count). The van der Waals surface area contributed by atoms with Crippen LogP contribution in [0.1, 0.15) is 32.1 Å². The summed E-state index contributed by atoms with van der Waals surface area (Å²) < 4.78 is 5.09. The number of hydrogen-bond donors (Lipinski definition) is 0. The number of carbonyl (C=O) groups excluding carboxylic acids is 1. The van der Waals surface area contributed by atoms with Crippen LogP contribution in [0.3, 0.4) is 0 Å². The first-order valence-electron chi connectivity index (χ1n) is 4.95. The highest BCUT2D eigenvalue weighted by Gasteiger charge is 2.22. The Bertz CT molecular complexity index is 478. The lowest BCUT2D eigenvalue weighted by Gasteiger charge is -2.03. The molecular weight excluding hydrogens is 226 g/mol. The summed E-state index contributed by atoms with van der Waals surface area (Å²) in [6.45, 7) is 3.44. The first-order chi connectivity index (χ1) is 7.72. The summed E-state index contributed by atoms with van der Waals surface area (Å²) in [4.78, 5) is 19.6. The van der Waals surface area contributed by atoms with Crippen LogP contribution in [0.4, 0.5) is 0 Å². The molecule has 1 unspecified atom stereocenters. The first kappa shape index (κ1) is 10.9. The summed E-state index contributed by atoms with van der Waals surface area (Å²) in [5.41, 5.74) is 2.38. The Morgan fingerprint density at radius 2 is 2.44 bits per heavy atom. The zero-order chi connectivity index (χ0) is 11.5. The molecule has 5 nitrogen and oxygen atoms in total. The van der Waals surface area contributed by atoms with Gasteiger partial charge in [0.1, 0.15) is 11.5 Å². The number of aromatic nitrogens is 3. The van der Waals surface area contributed by atoms with E-state index in [4.69, 9.17) is 4.52 Å². The van der Waals surface area contributed by atoms with Gasteiger partial charge in [0.15, 0.2) is 0 Å². The number of hydrogen-bond acceptors (Lipinski definition) is 6. The van der Waals surface area contributed by atoms with E-state index < -0.39 is 0 Å². The van der Waals surface area contributed by atoms with Crippen molar-refractivity contribution in [2.75, 3.05) is 0 Å². The van der Waals surface area contributed by atoms with Gasteiger partial charge in [-0.1, -0.05) is 12.1 Å². The molecule has 2 heterocycles. The van der Waals surface area contributed by atoms with Gasteiger partial charge < -0.3 is 4.52 Å². The highest BCUT2D eigenvalue weighted by atomic mass is 32.1. The number of Topliss-reactive ketones (excluding diaryl/α,β-unsaturated/α-hetero) is 1. The molecule has 0 spiro atoms. The Morgan fingerprint density at radius 3 is 3.00 bits per heavy atom. The molecule has 0 aliphatic carbocycles. The van der Waals surface area contributed by atoms with Crippen LogP contribution in [0.2, 0.25) is 0 Å². The van der Waals surface area contributed by atoms with Crippen LogP contribution in [-0.2, 0) is 4.79 Å². The van der Waals surface area contributed by atoms with Crippen LogP contribution in [0.5, 0.6) is 0 Å². The number of thiazole rings is 1. The number of rotatable bonds is 4. The summed E-state index contributed by atoms with van der Waals surface area (Å²) in [5, 5.41) is 5.65. The number of nitrogens with zero attached hydrogens (tertiary/aromatic N) is 3. The fraction of sp³-hybridized carbons (Fsp3) is 0.400.